The number of fused-ring (bicyclic) bond motifs is 1. The Morgan fingerprint density at radius 2 is 1.91 bits per heavy atom. The molecule has 23 heavy (non-hydrogen) atoms. The van der Waals surface area contributed by atoms with Gasteiger partial charge in [-0.05, 0) is 13.0 Å². The number of aryl methyl sites for hydroxylation is 1. The molecule has 2 aromatic heterocycles. The number of halogens is 3. The monoisotopic (exact) mass is 338 g/mol. The van der Waals surface area contributed by atoms with E-state index in [2.05, 4.69) is 20.3 Å². The first-order valence-electron chi connectivity index (χ1n) is 6.88. The Hall–Kier alpha value is -2.06. The summed E-state index contributed by atoms with van der Waals surface area (Å²) in [5, 5.41) is 4.41. The zero-order valence-corrected chi connectivity index (χ0v) is 13.0. The van der Waals surface area contributed by atoms with E-state index in [9.17, 15) is 13.2 Å². The number of rotatable bonds is 4. The first kappa shape index (κ1) is 15.8. The molecular formula is C15H13F3N4S. The number of thiazole rings is 1. The highest BCUT2D eigenvalue weighted by molar-refractivity contribution is 7.11. The summed E-state index contributed by atoms with van der Waals surface area (Å²) in [4.78, 5) is 11.9. The van der Waals surface area contributed by atoms with Crippen molar-refractivity contribution in [1.82, 2.24) is 20.3 Å². The average Bonchev–Trinajstić information content (AvgIpc) is 2.96. The molecule has 0 amide bonds. The smallest absolute Gasteiger partial charge is 0.303 e. The van der Waals surface area contributed by atoms with Crippen LogP contribution in [0.3, 0.4) is 0 Å². The Kier molecular flexibility index (Phi) is 4.27. The fraction of sp³-hybridized carbons (Fsp3) is 0.267. The van der Waals surface area contributed by atoms with E-state index in [1.807, 2.05) is 31.2 Å². The second-order valence-corrected chi connectivity index (χ2v) is 6.08. The predicted octanol–water partition coefficient (Wildman–Crippen LogP) is 3.70. The number of para-hydroxylation sites is 1. The third kappa shape index (κ3) is 3.65. The van der Waals surface area contributed by atoms with Gasteiger partial charge in [0, 0.05) is 17.6 Å². The van der Waals surface area contributed by atoms with E-state index in [-0.39, 0.29) is 6.54 Å². The number of nitrogens with one attached hydrogen (secondary N) is 1. The highest BCUT2D eigenvalue weighted by Gasteiger charge is 2.33. The Morgan fingerprint density at radius 3 is 2.65 bits per heavy atom. The first-order chi connectivity index (χ1) is 10.9. The average molecular weight is 338 g/mol. The molecule has 0 fully saturated rings. The van der Waals surface area contributed by atoms with Crippen LogP contribution in [-0.4, -0.2) is 15.0 Å². The SMILES string of the molecule is Cc1nc(CNCc2ncc(C(F)(F)F)s2)nc2ccccc12. The van der Waals surface area contributed by atoms with Crippen LogP contribution in [0.5, 0.6) is 0 Å². The zero-order chi connectivity index (χ0) is 16.4. The fourth-order valence-electron chi connectivity index (χ4n) is 2.18. The molecule has 4 nitrogen and oxygen atoms in total. The van der Waals surface area contributed by atoms with Gasteiger partial charge in [0.15, 0.2) is 0 Å². The van der Waals surface area contributed by atoms with Gasteiger partial charge in [0.1, 0.15) is 15.7 Å². The van der Waals surface area contributed by atoms with Gasteiger partial charge in [-0.1, -0.05) is 18.2 Å². The Labute approximate surface area is 134 Å². The molecule has 8 heteroatoms. The van der Waals surface area contributed by atoms with Crippen LogP contribution in [-0.2, 0) is 19.3 Å². The van der Waals surface area contributed by atoms with Gasteiger partial charge < -0.3 is 5.32 Å². The molecule has 0 aliphatic carbocycles. The van der Waals surface area contributed by atoms with E-state index in [4.69, 9.17) is 0 Å². The van der Waals surface area contributed by atoms with Gasteiger partial charge >= 0.3 is 6.18 Å². The van der Waals surface area contributed by atoms with Gasteiger partial charge in [-0.3, -0.25) is 0 Å². The van der Waals surface area contributed by atoms with Crippen molar-refractivity contribution in [2.24, 2.45) is 0 Å². The zero-order valence-electron chi connectivity index (χ0n) is 12.2. The van der Waals surface area contributed by atoms with Crippen molar-refractivity contribution in [3.63, 3.8) is 0 Å². The van der Waals surface area contributed by atoms with Crippen LogP contribution < -0.4 is 5.32 Å². The quantitative estimate of drug-likeness (QED) is 0.788. The van der Waals surface area contributed by atoms with Crippen LogP contribution in [0.15, 0.2) is 30.5 Å². The molecular weight excluding hydrogens is 325 g/mol. The molecule has 0 aliphatic rings. The summed E-state index contributed by atoms with van der Waals surface area (Å²) in [6.45, 7) is 2.52. The minimum absolute atomic E-state index is 0.246. The topological polar surface area (TPSA) is 50.7 Å². The number of hydrogen-bond acceptors (Lipinski definition) is 5. The van der Waals surface area contributed by atoms with Gasteiger partial charge in [-0.2, -0.15) is 13.2 Å². The van der Waals surface area contributed by atoms with E-state index >= 15 is 0 Å². The van der Waals surface area contributed by atoms with Gasteiger partial charge in [-0.15, -0.1) is 11.3 Å². The Morgan fingerprint density at radius 1 is 1.13 bits per heavy atom. The predicted molar refractivity (Wildman–Crippen MR) is 81.9 cm³/mol. The van der Waals surface area contributed by atoms with E-state index in [1.165, 1.54) is 0 Å². The summed E-state index contributed by atoms with van der Waals surface area (Å²) < 4.78 is 37.5. The molecule has 0 bridgehead atoms. The summed E-state index contributed by atoms with van der Waals surface area (Å²) in [7, 11) is 0. The summed E-state index contributed by atoms with van der Waals surface area (Å²) in [6.07, 6.45) is -3.48. The maximum Gasteiger partial charge on any atom is 0.427 e. The van der Waals surface area contributed by atoms with Crippen LogP contribution in [0.4, 0.5) is 13.2 Å². The standard InChI is InChI=1S/C15H13F3N4S/c1-9-10-4-2-3-5-11(10)22-13(21-9)7-19-8-14-20-6-12(23-14)15(16,17)18/h2-6,19H,7-8H2,1H3. The lowest BCUT2D eigenvalue weighted by Crippen LogP contribution is -2.15. The van der Waals surface area contributed by atoms with E-state index in [0.29, 0.717) is 28.7 Å². The van der Waals surface area contributed by atoms with Crippen molar-refractivity contribution in [1.29, 1.82) is 0 Å². The first-order valence-corrected chi connectivity index (χ1v) is 7.70. The lowest BCUT2D eigenvalue weighted by Gasteiger charge is -2.06. The maximum absolute atomic E-state index is 12.5. The van der Waals surface area contributed by atoms with Gasteiger partial charge in [0.2, 0.25) is 0 Å². The van der Waals surface area contributed by atoms with Crippen molar-refractivity contribution in [3.05, 3.63) is 51.9 Å². The molecule has 3 aromatic rings. The molecule has 1 N–H and O–H groups in total. The normalized spacial score (nSPS) is 12.0. The van der Waals surface area contributed by atoms with Crippen LogP contribution in [0, 0.1) is 6.92 Å². The maximum atomic E-state index is 12.5. The van der Waals surface area contributed by atoms with Crippen molar-refractivity contribution in [2.75, 3.05) is 0 Å². The molecule has 0 unspecified atom stereocenters. The van der Waals surface area contributed by atoms with Crippen LogP contribution >= 0.6 is 11.3 Å². The molecule has 3 rings (SSSR count). The molecule has 1 aromatic carbocycles. The highest BCUT2D eigenvalue weighted by atomic mass is 32.1. The van der Waals surface area contributed by atoms with E-state index < -0.39 is 11.1 Å². The second kappa shape index (κ2) is 6.21. The molecule has 0 saturated carbocycles. The van der Waals surface area contributed by atoms with Crippen LogP contribution in [0.1, 0.15) is 21.4 Å². The van der Waals surface area contributed by atoms with Gasteiger partial charge in [0.05, 0.1) is 18.3 Å². The number of hydrogen-bond donors (Lipinski definition) is 1. The summed E-state index contributed by atoms with van der Waals surface area (Å²) >= 11 is 0.641. The van der Waals surface area contributed by atoms with E-state index in [0.717, 1.165) is 22.8 Å². The van der Waals surface area contributed by atoms with Crippen LogP contribution in [0.25, 0.3) is 10.9 Å². The minimum atomic E-state index is -4.34. The van der Waals surface area contributed by atoms with Gasteiger partial charge in [-0.25, -0.2) is 15.0 Å². The Bertz CT molecular complexity index is 829. The van der Waals surface area contributed by atoms with Crippen molar-refractivity contribution < 1.29 is 13.2 Å². The molecule has 120 valence electrons. The number of benzene rings is 1. The van der Waals surface area contributed by atoms with Gasteiger partial charge in [0.25, 0.3) is 0 Å². The van der Waals surface area contributed by atoms with E-state index in [1.54, 1.807) is 0 Å². The molecule has 2 heterocycles. The molecule has 0 atom stereocenters. The van der Waals surface area contributed by atoms with Crippen molar-refractivity contribution in [3.8, 4) is 0 Å². The van der Waals surface area contributed by atoms with Crippen LogP contribution in [0.2, 0.25) is 0 Å². The van der Waals surface area contributed by atoms with Crippen molar-refractivity contribution in [2.45, 2.75) is 26.2 Å². The molecule has 0 spiro atoms. The molecule has 0 radical (unpaired) electrons. The molecule has 0 aliphatic heterocycles. The molecule has 0 saturated heterocycles. The largest absolute Gasteiger partial charge is 0.427 e. The minimum Gasteiger partial charge on any atom is -0.303 e. The third-order valence-corrected chi connectivity index (χ3v) is 4.27. The lowest BCUT2D eigenvalue weighted by molar-refractivity contribution is -0.134. The second-order valence-electron chi connectivity index (χ2n) is 4.96. The highest BCUT2D eigenvalue weighted by Crippen LogP contribution is 2.33. The summed E-state index contributed by atoms with van der Waals surface area (Å²) in [5.41, 5.74) is 1.73. The Balaban J connectivity index is 1.66. The summed E-state index contributed by atoms with van der Waals surface area (Å²) in [6, 6.07) is 7.69. The third-order valence-electron chi connectivity index (χ3n) is 3.23. The number of aromatic nitrogens is 3. The number of alkyl halides is 3. The lowest BCUT2D eigenvalue weighted by atomic mass is 10.2. The number of nitrogens with zero attached hydrogens (tertiary/aromatic N) is 3. The summed E-state index contributed by atoms with van der Waals surface area (Å²) in [5.74, 6) is 0.605. The fourth-order valence-corrected chi connectivity index (χ4v) is 2.93. The van der Waals surface area contributed by atoms with Crippen molar-refractivity contribution >= 4 is 22.2 Å².